The standard InChI is InChI=1S/C19H26N4O2/c1-12-10-19(11-25-12)5-8-23(9-6-19)17-14-4-7-20-18(24)15(14)21-16(22-17)13-2-3-13/h12-13H,2-11H2,1H3,(H,20,24). The highest BCUT2D eigenvalue weighted by molar-refractivity contribution is 5.96. The number of nitrogens with one attached hydrogen (secondary N) is 1. The van der Waals surface area contributed by atoms with E-state index < -0.39 is 0 Å². The van der Waals surface area contributed by atoms with Gasteiger partial charge in [0.2, 0.25) is 0 Å². The molecule has 1 aromatic heterocycles. The number of rotatable bonds is 2. The third-order valence-corrected chi connectivity index (χ3v) is 6.34. The van der Waals surface area contributed by atoms with Gasteiger partial charge in [-0.3, -0.25) is 4.79 Å². The first-order valence-electron chi connectivity index (χ1n) is 9.69. The Morgan fingerprint density at radius 2 is 2.04 bits per heavy atom. The minimum atomic E-state index is -0.0294. The van der Waals surface area contributed by atoms with Crippen molar-refractivity contribution in [2.45, 2.75) is 57.5 Å². The van der Waals surface area contributed by atoms with Gasteiger partial charge in [0.1, 0.15) is 17.3 Å². The average molecular weight is 342 g/mol. The molecule has 6 heteroatoms. The number of hydrogen-bond acceptors (Lipinski definition) is 5. The molecule has 1 aliphatic carbocycles. The topological polar surface area (TPSA) is 67.4 Å². The van der Waals surface area contributed by atoms with Crippen molar-refractivity contribution in [2.75, 3.05) is 31.1 Å². The van der Waals surface area contributed by atoms with E-state index in [2.05, 4.69) is 22.1 Å². The van der Waals surface area contributed by atoms with Crippen LogP contribution in [-0.4, -0.2) is 48.2 Å². The van der Waals surface area contributed by atoms with Crippen molar-refractivity contribution in [1.29, 1.82) is 0 Å². The molecule has 0 radical (unpaired) electrons. The van der Waals surface area contributed by atoms with Crippen molar-refractivity contribution in [3.63, 3.8) is 0 Å². The lowest BCUT2D eigenvalue weighted by Gasteiger charge is -2.40. The zero-order valence-corrected chi connectivity index (χ0v) is 14.9. The van der Waals surface area contributed by atoms with Crippen molar-refractivity contribution in [2.24, 2.45) is 5.41 Å². The van der Waals surface area contributed by atoms with Gasteiger partial charge < -0.3 is 15.0 Å². The quantitative estimate of drug-likeness (QED) is 0.891. The summed E-state index contributed by atoms with van der Waals surface area (Å²) in [6.07, 6.45) is 7.02. The monoisotopic (exact) mass is 342 g/mol. The van der Waals surface area contributed by atoms with Crippen LogP contribution in [0.15, 0.2) is 0 Å². The highest BCUT2D eigenvalue weighted by atomic mass is 16.5. The van der Waals surface area contributed by atoms with Gasteiger partial charge in [-0.15, -0.1) is 0 Å². The number of anilines is 1. The SMILES string of the molecule is CC1CC2(CCN(c3nc(C4CC4)nc4c3CCNC4=O)CC2)CO1. The van der Waals surface area contributed by atoms with Gasteiger partial charge in [0.05, 0.1) is 12.7 Å². The summed E-state index contributed by atoms with van der Waals surface area (Å²) in [7, 11) is 0. The molecule has 0 aromatic carbocycles. The number of ether oxygens (including phenoxy) is 1. The van der Waals surface area contributed by atoms with E-state index in [4.69, 9.17) is 9.72 Å². The summed E-state index contributed by atoms with van der Waals surface area (Å²) in [6.45, 7) is 5.78. The number of hydrogen-bond donors (Lipinski definition) is 1. The lowest BCUT2D eigenvalue weighted by atomic mass is 9.77. The Balaban J connectivity index is 1.44. The summed E-state index contributed by atoms with van der Waals surface area (Å²) < 4.78 is 5.85. The van der Waals surface area contributed by atoms with Gasteiger partial charge in [-0.05, 0) is 50.9 Å². The molecular formula is C19H26N4O2. The molecule has 134 valence electrons. The predicted octanol–water partition coefficient (Wildman–Crippen LogP) is 2.04. The van der Waals surface area contributed by atoms with E-state index >= 15 is 0 Å². The molecular weight excluding hydrogens is 316 g/mol. The predicted molar refractivity (Wildman–Crippen MR) is 94.0 cm³/mol. The van der Waals surface area contributed by atoms with Crippen molar-refractivity contribution < 1.29 is 9.53 Å². The first-order chi connectivity index (χ1) is 12.1. The van der Waals surface area contributed by atoms with Crippen molar-refractivity contribution in [3.05, 3.63) is 17.1 Å². The Kier molecular flexibility index (Phi) is 3.52. The van der Waals surface area contributed by atoms with Crippen LogP contribution >= 0.6 is 0 Å². The molecule has 3 aliphatic heterocycles. The van der Waals surface area contributed by atoms with Crippen molar-refractivity contribution >= 4 is 11.7 Å². The average Bonchev–Trinajstić information content (AvgIpc) is 3.40. The minimum absolute atomic E-state index is 0.0294. The van der Waals surface area contributed by atoms with Crippen LogP contribution in [0.3, 0.4) is 0 Å². The molecule has 25 heavy (non-hydrogen) atoms. The molecule has 1 amide bonds. The number of nitrogens with zero attached hydrogens (tertiary/aromatic N) is 3. The molecule has 0 bridgehead atoms. The summed E-state index contributed by atoms with van der Waals surface area (Å²) >= 11 is 0. The Bertz CT molecular complexity index is 708. The van der Waals surface area contributed by atoms with Crippen molar-refractivity contribution in [3.8, 4) is 0 Å². The fraction of sp³-hybridized carbons (Fsp3) is 0.737. The zero-order valence-electron chi connectivity index (χ0n) is 14.9. The molecule has 5 rings (SSSR count). The molecule has 4 heterocycles. The van der Waals surface area contributed by atoms with Crippen LogP contribution in [0.1, 0.15) is 66.8 Å². The molecule has 3 fully saturated rings. The second-order valence-corrected chi connectivity index (χ2v) is 8.33. The summed E-state index contributed by atoms with van der Waals surface area (Å²) in [5, 5.41) is 2.94. The van der Waals surface area contributed by atoms with E-state index in [1.165, 1.54) is 6.42 Å². The van der Waals surface area contributed by atoms with E-state index in [0.717, 1.165) is 69.0 Å². The van der Waals surface area contributed by atoms with Crippen LogP contribution in [-0.2, 0) is 11.2 Å². The number of piperidine rings is 1. The summed E-state index contributed by atoms with van der Waals surface area (Å²) in [5.41, 5.74) is 2.04. The van der Waals surface area contributed by atoms with Gasteiger partial charge in [0.15, 0.2) is 0 Å². The Hall–Kier alpha value is -1.69. The van der Waals surface area contributed by atoms with Crippen LogP contribution in [0.5, 0.6) is 0 Å². The van der Waals surface area contributed by atoms with E-state index in [-0.39, 0.29) is 5.91 Å². The lowest BCUT2D eigenvalue weighted by Crippen LogP contribution is -2.43. The van der Waals surface area contributed by atoms with Crippen LogP contribution in [0, 0.1) is 5.41 Å². The van der Waals surface area contributed by atoms with E-state index in [1.807, 2.05) is 0 Å². The maximum absolute atomic E-state index is 12.3. The largest absolute Gasteiger partial charge is 0.378 e. The number of fused-ring (bicyclic) bond motifs is 1. The summed E-state index contributed by atoms with van der Waals surface area (Å²) in [5.74, 6) is 2.34. The number of aromatic nitrogens is 2. The second-order valence-electron chi connectivity index (χ2n) is 8.33. The Labute approximate surface area is 148 Å². The highest BCUT2D eigenvalue weighted by Gasteiger charge is 2.42. The molecule has 6 nitrogen and oxygen atoms in total. The molecule has 1 atom stereocenters. The van der Waals surface area contributed by atoms with E-state index in [1.54, 1.807) is 0 Å². The maximum Gasteiger partial charge on any atom is 0.270 e. The van der Waals surface area contributed by atoms with Gasteiger partial charge in [-0.25, -0.2) is 9.97 Å². The van der Waals surface area contributed by atoms with Gasteiger partial charge >= 0.3 is 0 Å². The van der Waals surface area contributed by atoms with Gasteiger partial charge in [0.25, 0.3) is 5.91 Å². The second kappa shape index (κ2) is 5.66. The molecule has 4 aliphatic rings. The Morgan fingerprint density at radius 1 is 1.24 bits per heavy atom. The van der Waals surface area contributed by atoms with E-state index in [0.29, 0.717) is 29.7 Å². The first-order valence-corrected chi connectivity index (χ1v) is 9.69. The molecule has 1 unspecified atom stereocenters. The fourth-order valence-corrected chi connectivity index (χ4v) is 4.67. The van der Waals surface area contributed by atoms with E-state index in [9.17, 15) is 4.79 Å². The number of carbonyl (C=O) groups excluding carboxylic acids is 1. The third-order valence-electron chi connectivity index (χ3n) is 6.34. The van der Waals surface area contributed by atoms with Gasteiger partial charge in [-0.1, -0.05) is 0 Å². The van der Waals surface area contributed by atoms with Crippen LogP contribution in [0.4, 0.5) is 5.82 Å². The van der Waals surface area contributed by atoms with Crippen LogP contribution in [0.25, 0.3) is 0 Å². The summed E-state index contributed by atoms with van der Waals surface area (Å²) in [4.78, 5) is 24.3. The fourth-order valence-electron chi connectivity index (χ4n) is 4.67. The Morgan fingerprint density at radius 3 is 2.72 bits per heavy atom. The molecule has 1 N–H and O–H groups in total. The number of carbonyl (C=O) groups is 1. The maximum atomic E-state index is 12.3. The van der Waals surface area contributed by atoms with Gasteiger partial charge in [0, 0.05) is 31.1 Å². The normalized spacial score (nSPS) is 28.1. The van der Waals surface area contributed by atoms with Crippen molar-refractivity contribution in [1.82, 2.24) is 15.3 Å². The molecule has 1 saturated carbocycles. The molecule has 1 spiro atoms. The zero-order chi connectivity index (χ0) is 17.0. The minimum Gasteiger partial charge on any atom is -0.378 e. The summed E-state index contributed by atoms with van der Waals surface area (Å²) in [6, 6.07) is 0. The lowest BCUT2D eigenvalue weighted by molar-refractivity contribution is 0.0939. The molecule has 2 saturated heterocycles. The van der Waals surface area contributed by atoms with Gasteiger partial charge in [-0.2, -0.15) is 0 Å². The van der Waals surface area contributed by atoms with Crippen LogP contribution < -0.4 is 10.2 Å². The molecule has 1 aromatic rings. The number of amides is 1. The van der Waals surface area contributed by atoms with Crippen LogP contribution in [0.2, 0.25) is 0 Å². The first kappa shape index (κ1) is 15.6. The third kappa shape index (κ3) is 2.71. The smallest absolute Gasteiger partial charge is 0.270 e. The highest BCUT2D eigenvalue weighted by Crippen LogP contribution is 2.44.